The van der Waals surface area contributed by atoms with E-state index in [4.69, 9.17) is 20.4 Å². The fourth-order valence-electron chi connectivity index (χ4n) is 4.25. The van der Waals surface area contributed by atoms with E-state index in [-0.39, 0.29) is 16.3 Å². The number of halogens is 1. The SMILES string of the molecule is N#CC(=Cc1ccc(-c2ccc([N+](=O)[O-])cc2Cl)o1)c1nc(-c2cc3c(ccc4ccccc43)oc2=O)cs1. The molecule has 0 aliphatic heterocycles. The zero-order valence-electron chi connectivity index (χ0n) is 19.8. The van der Waals surface area contributed by atoms with Gasteiger partial charge in [-0.25, -0.2) is 9.78 Å². The Bertz CT molecular complexity index is 2070. The van der Waals surface area contributed by atoms with E-state index in [0.29, 0.717) is 38.9 Å². The standard InChI is InChI=1S/C29H14ClN3O5S/c30-24-12-18(33(35)36)6-8-21(24)26-10-7-19(37-26)11-17(14-31)28-32-25(15-39-28)23-13-22-20-4-2-1-3-16(20)5-9-27(22)38-29(23)34/h1-13,15H. The molecule has 0 aliphatic rings. The summed E-state index contributed by atoms with van der Waals surface area (Å²) in [6, 6.07) is 22.8. The topological polar surface area (TPSA) is 123 Å². The molecule has 0 bridgehead atoms. The molecule has 0 spiro atoms. The number of furan rings is 1. The monoisotopic (exact) mass is 551 g/mol. The molecule has 0 unspecified atom stereocenters. The molecule has 0 N–H and O–H groups in total. The fraction of sp³-hybridized carbons (Fsp3) is 0. The summed E-state index contributed by atoms with van der Waals surface area (Å²) >= 11 is 7.43. The number of aromatic nitrogens is 1. The minimum Gasteiger partial charge on any atom is -0.457 e. The van der Waals surface area contributed by atoms with Crippen LogP contribution in [0.15, 0.2) is 91.8 Å². The second-order valence-electron chi connectivity index (χ2n) is 8.48. The van der Waals surface area contributed by atoms with E-state index < -0.39 is 10.5 Å². The minimum atomic E-state index is -0.530. The zero-order valence-corrected chi connectivity index (χ0v) is 21.3. The number of rotatable bonds is 5. The number of allylic oxidation sites excluding steroid dienone is 1. The van der Waals surface area contributed by atoms with Crippen molar-refractivity contribution in [2.75, 3.05) is 0 Å². The van der Waals surface area contributed by atoms with Gasteiger partial charge in [-0.15, -0.1) is 11.3 Å². The number of fused-ring (bicyclic) bond motifs is 3. The minimum absolute atomic E-state index is 0.129. The van der Waals surface area contributed by atoms with Gasteiger partial charge >= 0.3 is 5.63 Å². The molecule has 0 fully saturated rings. The number of non-ortho nitro benzene ring substituents is 1. The number of hydrogen-bond donors (Lipinski definition) is 0. The van der Waals surface area contributed by atoms with E-state index >= 15 is 0 Å². The van der Waals surface area contributed by atoms with E-state index in [0.717, 1.165) is 16.2 Å². The van der Waals surface area contributed by atoms with E-state index in [1.807, 2.05) is 30.3 Å². The number of nitrogens with zero attached hydrogens (tertiary/aromatic N) is 3. The molecule has 0 radical (unpaired) electrons. The molecule has 0 amide bonds. The van der Waals surface area contributed by atoms with Crippen molar-refractivity contribution in [3.05, 3.63) is 115 Å². The first-order chi connectivity index (χ1) is 18.9. The summed E-state index contributed by atoms with van der Waals surface area (Å²) in [5.41, 5.74) is 1.25. The Morgan fingerprint density at radius 3 is 2.67 bits per heavy atom. The molecule has 6 rings (SSSR count). The largest absolute Gasteiger partial charge is 0.457 e. The van der Waals surface area contributed by atoms with Gasteiger partial charge in [-0.3, -0.25) is 10.1 Å². The molecule has 8 nitrogen and oxygen atoms in total. The summed E-state index contributed by atoms with van der Waals surface area (Å²) in [4.78, 5) is 27.8. The molecule has 39 heavy (non-hydrogen) atoms. The van der Waals surface area contributed by atoms with Crippen LogP contribution in [0, 0.1) is 21.4 Å². The van der Waals surface area contributed by atoms with E-state index in [1.54, 1.807) is 29.6 Å². The molecule has 3 heterocycles. The van der Waals surface area contributed by atoms with E-state index in [9.17, 15) is 20.2 Å². The van der Waals surface area contributed by atoms with Crippen molar-refractivity contribution in [2.45, 2.75) is 0 Å². The van der Waals surface area contributed by atoms with Gasteiger partial charge in [-0.05, 0) is 41.1 Å². The number of hydrogen-bond acceptors (Lipinski definition) is 8. The van der Waals surface area contributed by atoms with Gasteiger partial charge in [0.15, 0.2) is 0 Å². The second-order valence-corrected chi connectivity index (χ2v) is 9.74. The van der Waals surface area contributed by atoms with Crippen LogP contribution in [0.1, 0.15) is 10.8 Å². The summed E-state index contributed by atoms with van der Waals surface area (Å²) in [5, 5.41) is 25.8. The van der Waals surface area contributed by atoms with Crippen molar-refractivity contribution in [3.63, 3.8) is 0 Å². The Morgan fingerprint density at radius 2 is 1.87 bits per heavy atom. The zero-order chi connectivity index (χ0) is 27.1. The number of thiazole rings is 1. The highest BCUT2D eigenvalue weighted by Crippen LogP contribution is 2.34. The van der Waals surface area contributed by atoms with Crippen LogP contribution >= 0.6 is 22.9 Å². The van der Waals surface area contributed by atoms with E-state index in [2.05, 4.69) is 11.1 Å². The van der Waals surface area contributed by atoms with Gasteiger partial charge in [0.05, 0.1) is 26.8 Å². The molecule has 0 atom stereocenters. The van der Waals surface area contributed by atoms with Gasteiger partial charge in [0.2, 0.25) is 0 Å². The van der Waals surface area contributed by atoms with Crippen molar-refractivity contribution >= 4 is 62.0 Å². The maximum absolute atomic E-state index is 12.8. The number of nitriles is 1. The van der Waals surface area contributed by atoms with Crippen molar-refractivity contribution in [1.82, 2.24) is 4.98 Å². The van der Waals surface area contributed by atoms with Gasteiger partial charge in [-0.1, -0.05) is 41.9 Å². The first kappa shape index (κ1) is 24.3. The van der Waals surface area contributed by atoms with Gasteiger partial charge in [0, 0.05) is 34.5 Å². The van der Waals surface area contributed by atoms with Gasteiger partial charge in [-0.2, -0.15) is 5.26 Å². The van der Waals surface area contributed by atoms with Gasteiger partial charge in [0.1, 0.15) is 28.2 Å². The number of benzene rings is 3. The highest BCUT2D eigenvalue weighted by Gasteiger charge is 2.17. The average molecular weight is 552 g/mol. The highest BCUT2D eigenvalue weighted by molar-refractivity contribution is 7.11. The van der Waals surface area contributed by atoms with Crippen molar-refractivity contribution < 1.29 is 13.8 Å². The van der Waals surface area contributed by atoms with Gasteiger partial charge in [0.25, 0.3) is 5.69 Å². The summed E-state index contributed by atoms with van der Waals surface area (Å²) < 4.78 is 11.4. The smallest absolute Gasteiger partial charge is 0.345 e. The average Bonchev–Trinajstić information content (AvgIpc) is 3.61. The molecule has 3 aromatic carbocycles. The predicted molar refractivity (Wildman–Crippen MR) is 150 cm³/mol. The van der Waals surface area contributed by atoms with Crippen LogP contribution in [0.25, 0.3) is 56.0 Å². The van der Waals surface area contributed by atoms with Crippen molar-refractivity contribution in [3.8, 4) is 28.7 Å². The highest BCUT2D eigenvalue weighted by atomic mass is 35.5. The Kier molecular flexibility index (Phi) is 6.04. The predicted octanol–water partition coefficient (Wildman–Crippen LogP) is 7.96. The Labute approximate surface area is 228 Å². The quantitative estimate of drug-likeness (QED) is 0.0699. The van der Waals surface area contributed by atoms with Crippen molar-refractivity contribution in [1.29, 1.82) is 5.26 Å². The van der Waals surface area contributed by atoms with Crippen LogP contribution < -0.4 is 5.63 Å². The number of nitro groups is 1. The van der Waals surface area contributed by atoms with Crippen LogP contribution in [0.5, 0.6) is 0 Å². The summed E-state index contributed by atoms with van der Waals surface area (Å²) in [5.74, 6) is 0.753. The molecule has 6 aromatic rings. The summed E-state index contributed by atoms with van der Waals surface area (Å²) in [6.45, 7) is 0. The van der Waals surface area contributed by atoms with Crippen LogP contribution in [-0.2, 0) is 0 Å². The molecule has 3 aromatic heterocycles. The third-order valence-corrected chi connectivity index (χ3v) is 7.30. The van der Waals surface area contributed by atoms with Crippen LogP contribution in [0.4, 0.5) is 5.69 Å². The first-order valence-corrected chi connectivity index (χ1v) is 12.7. The van der Waals surface area contributed by atoms with Crippen LogP contribution in [0.3, 0.4) is 0 Å². The second kappa shape index (κ2) is 9.68. The number of nitro benzene ring substituents is 1. The maximum Gasteiger partial charge on any atom is 0.345 e. The van der Waals surface area contributed by atoms with Gasteiger partial charge < -0.3 is 8.83 Å². The fourth-order valence-corrected chi connectivity index (χ4v) is 5.30. The third-order valence-electron chi connectivity index (χ3n) is 6.12. The van der Waals surface area contributed by atoms with Crippen LogP contribution in [0.2, 0.25) is 5.02 Å². The molecule has 0 saturated heterocycles. The normalized spacial score (nSPS) is 11.6. The Morgan fingerprint density at radius 1 is 1.03 bits per heavy atom. The lowest BCUT2D eigenvalue weighted by Crippen LogP contribution is -2.03. The lowest BCUT2D eigenvalue weighted by atomic mass is 10.0. The van der Waals surface area contributed by atoms with Crippen LogP contribution in [-0.4, -0.2) is 9.91 Å². The molecule has 188 valence electrons. The lowest BCUT2D eigenvalue weighted by Gasteiger charge is -2.04. The van der Waals surface area contributed by atoms with Crippen molar-refractivity contribution in [2.24, 2.45) is 0 Å². The molecule has 0 aliphatic carbocycles. The summed E-state index contributed by atoms with van der Waals surface area (Å²) in [6.07, 6.45) is 1.53. The molecule has 10 heteroatoms. The Hall–Kier alpha value is -5.04. The van der Waals surface area contributed by atoms with E-state index in [1.165, 1.54) is 35.6 Å². The summed E-state index contributed by atoms with van der Waals surface area (Å²) in [7, 11) is 0. The third kappa shape index (κ3) is 4.48. The molecular formula is C29H14ClN3O5S. The maximum atomic E-state index is 12.8. The Balaban J connectivity index is 1.34. The molecular weight excluding hydrogens is 538 g/mol. The lowest BCUT2D eigenvalue weighted by molar-refractivity contribution is -0.384. The first-order valence-electron chi connectivity index (χ1n) is 11.5. The molecule has 0 saturated carbocycles.